The molecule has 5 nitrogen and oxygen atoms in total. The van der Waals surface area contributed by atoms with E-state index in [1.54, 1.807) is 12.0 Å². The van der Waals surface area contributed by atoms with Crippen LogP contribution in [-0.2, 0) is 0 Å². The second-order valence-corrected chi connectivity index (χ2v) is 7.44. The van der Waals surface area contributed by atoms with Crippen molar-refractivity contribution >= 4 is 11.7 Å². The second-order valence-electron chi connectivity index (χ2n) is 7.44. The number of benzene rings is 2. The molecule has 2 amide bonds. The molecule has 1 fully saturated rings. The molecule has 2 atom stereocenters. The molecule has 0 radical (unpaired) electrons. The van der Waals surface area contributed by atoms with Crippen LogP contribution in [0.1, 0.15) is 50.3 Å². The summed E-state index contributed by atoms with van der Waals surface area (Å²) in [5.74, 6) is 1.84. The van der Waals surface area contributed by atoms with Crippen LogP contribution in [0, 0.1) is 0 Å². The molecule has 2 bridgehead atoms. The van der Waals surface area contributed by atoms with E-state index in [1.807, 2.05) is 37.3 Å². The van der Waals surface area contributed by atoms with Crippen molar-refractivity contribution in [2.45, 2.75) is 44.9 Å². The lowest BCUT2D eigenvalue weighted by atomic mass is 9.89. The Kier molecular flexibility index (Phi) is 3.83. The number of carbonyl (C=O) groups excluding carboxylic acids is 1. The molecular weight excluding hydrogens is 328 g/mol. The number of nitrogens with one attached hydrogen (secondary N) is 1. The highest BCUT2D eigenvalue weighted by Crippen LogP contribution is 2.49. The largest absolute Gasteiger partial charge is 0.493 e. The zero-order chi connectivity index (χ0) is 18.5. The Balaban J connectivity index is 1.76. The van der Waals surface area contributed by atoms with Gasteiger partial charge in [0.2, 0.25) is 0 Å². The van der Waals surface area contributed by atoms with Gasteiger partial charge in [0.1, 0.15) is 0 Å². The van der Waals surface area contributed by atoms with E-state index >= 15 is 0 Å². The maximum atomic E-state index is 12.9. The number of anilines is 1. The number of carbonyl (C=O) groups is 1. The molecule has 5 heteroatoms. The molecule has 1 N–H and O–H groups in total. The van der Waals surface area contributed by atoms with Crippen LogP contribution in [0.4, 0.5) is 10.5 Å². The van der Waals surface area contributed by atoms with E-state index in [-0.39, 0.29) is 12.1 Å². The monoisotopic (exact) mass is 352 g/mol. The van der Waals surface area contributed by atoms with E-state index in [2.05, 4.69) is 31.3 Å². The number of hydrogen-bond acceptors (Lipinski definition) is 3. The standard InChI is InChI=1S/C21H24N2O3/c1-13(2)14-8-10-15(11-9-14)23-20(24)22-17-12-21(23,3)26-19-16(17)6-5-7-18(19)25-4/h5-11,13,17H,12H2,1-4H3,(H,22,24)/t17?,21-/m1/s1. The van der Waals surface area contributed by atoms with Crippen molar-refractivity contribution in [2.75, 3.05) is 12.0 Å². The van der Waals surface area contributed by atoms with E-state index in [4.69, 9.17) is 9.47 Å². The van der Waals surface area contributed by atoms with Crippen molar-refractivity contribution in [1.29, 1.82) is 0 Å². The SMILES string of the molecule is COc1cccc2c1O[C@]1(C)CC2NC(=O)N1c1ccc(C(C)C)cc1. The smallest absolute Gasteiger partial charge is 0.325 e. The first kappa shape index (κ1) is 16.8. The lowest BCUT2D eigenvalue weighted by Gasteiger charge is -2.50. The van der Waals surface area contributed by atoms with Gasteiger partial charge in [0.05, 0.1) is 13.2 Å². The molecule has 136 valence electrons. The average Bonchev–Trinajstić information content (AvgIpc) is 2.61. The summed E-state index contributed by atoms with van der Waals surface area (Å²) in [5.41, 5.74) is 2.26. The third-order valence-electron chi connectivity index (χ3n) is 5.30. The zero-order valence-corrected chi connectivity index (χ0v) is 15.6. The van der Waals surface area contributed by atoms with Gasteiger partial charge in [-0.3, -0.25) is 4.90 Å². The Bertz CT molecular complexity index is 847. The van der Waals surface area contributed by atoms with E-state index in [1.165, 1.54) is 5.56 Å². The highest BCUT2D eigenvalue weighted by atomic mass is 16.5. The average molecular weight is 352 g/mol. The van der Waals surface area contributed by atoms with Gasteiger partial charge in [0, 0.05) is 17.7 Å². The third kappa shape index (κ3) is 2.50. The number of hydrogen-bond donors (Lipinski definition) is 1. The fraction of sp³-hybridized carbons (Fsp3) is 0.381. The number of nitrogens with zero attached hydrogens (tertiary/aromatic N) is 1. The molecule has 1 saturated heterocycles. The van der Waals surface area contributed by atoms with Crippen LogP contribution in [-0.4, -0.2) is 18.9 Å². The number of methoxy groups -OCH3 is 1. The van der Waals surface area contributed by atoms with Crippen LogP contribution in [0.5, 0.6) is 11.5 Å². The molecule has 4 rings (SSSR count). The number of amides is 2. The topological polar surface area (TPSA) is 50.8 Å². The molecule has 2 aromatic rings. The number of ether oxygens (including phenoxy) is 2. The quantitative estimate of drug-likeness (QED) is 0.879. The van der Waals surface area contributed by atoms with Gasteiger partial charge in [0.15, 0.2) is 17.2 Å². The summed E-state index contributed by atoms with van der Waals surface area (Å²) in [5, 5.41) is 3.12. The third-order valence-corrected chi connectivity index (χ3v) is 5.30. The fourth-order valence-corrected chi connectivity index (χ4v) is 3.92. The highest BCUT2D eigenvalue weighted by molar-refractivity contribution is 5.95. The molecule has 0 aliphatic carbocycles. The van der Waals surface area contributed by atoms with E-state index in [0.29, 0.717) is 23.8 Å². The van der Waals surface area contributed by atoms with Gasteiger partial charge >= 0.3 is 6.03 Å². The molecule has 2 aromatic carbocycles. The fourth-order valence-electron chi connectivity index (χ4n) is 3.92. The molecule has 2 heterocycles. The van der Waals surface area contributed by atoms with Gasteiger partial charge in [-0.15, -0.1) is 0 Å². The van der Waals surface area contributed by atoms with Crippen molar-refractivity contribution in [2.24, 2.45) is 0 Å². The predicted octanol–water partition coefficient (Wildman–Crippen LogP) is 4.59. The Morgan fingerprint density at radius 2 is 1.96 bits per heavy atom. The lowest BCUT2D eigenvalue weighted by molar-refractivity contribution is 0.0349. The molecule has 2 aliphatic heterocycles. The summed E-state index contributed by atoms with van der Waals surface area (Å²) in [6.45, 7) is 6.27. The maximum absolute atomic E-state index is 12.9. The van der Waals surface area contributed by atoms with Crippen LogP contribution in [0.2, 0.25) is 0 Å². The maximum Gasteiger partial charge on any atom is 0.325 e. The zero-order valence-electron chi connectivity index (χ0n) is 15.6. The molecule has 0 spiro atoms. The molecular formula is C21H24N2O3. The summed E-state index contributed by atoms with van der Waals surface area (Å²) >= 11 is 0. The van der Waals surface area contributed by atoms with E-state index in [9.17, 15) is 4.79 Å². The number of rotatable bonds is 3. The van der Waals surface area contributed by atoms with Crippen LogP contribution in [0.3, 0.4) is 0 Å². The summed E-state index contributed by atoms with van der Waals surface area (Å²) in [6, 6.07) is 13.7. The number of para-hydroxylation sites is 1. The summed E-state index contributed by atoms with van der Waals surface area (Å²) in [7, 11) is 1.63. The van der Waals surface area contributed by atoms with Crippen molar-refractivity contribution < 1.29 is 14.3 Å². The Morgan fingerprint density at radius 3 is 2.62 bits per heavy atom. The molecule has 0 saturated carbocycles. The van der Waals surface area contributed by atoms with Crippen molar-refractivity contribution in [1.82, 2.24) is 5.32 Å². The molecule has 1 unspecified atom stereocenters. The summed E-state index contributed by atoms with van der Waals surface area (Å²) in [6.07, 6.45) is 0.671. The van der Waals surface area contributed by atoms with Crippen LogP contribution >= 0.6 is 0 Å². The first-order valence-corrected chi connectivity index (χ1v) is 8.99. The minimum atomic E-state index is -0.770. The van der Waals surface area contributed by atoms with E-state index in [0.717, 1.165) is 11.3 Å². The Morgan fingerprint density at radius 1 is 1.23 bits per heavy atom. The highest BCUT2D eigenvalue weighted by Gasteiger charge is 2.50. The van der Waals surface area contributed by atoms with Gasteiger partial charge < -0.3 is 14.8 Å². The Hall–Kier alpha value is -2.69. The first-order chi connectivity index (χ1) is 12.4. The second kappa shape index (κ2) is 5.94. The molecule has 26 heavy (non-hydrogen) atoms. The normalized spacial score (nSPS) is 24.0. The minimum absolute atomic E-state index is 0.0856. The Labute approximate surface area is 153 Å². The van der Waals surface area contributed by atoms with Crippen LogP contribution < -0.4 is 19.7 Å². The van der Waals surface area contributed by atoms with Crippen molar-refractivity contribution in [3.63, 3.8) is 0 Å². The van der Waals surface area contributed by atoms with Gasteiger partial charge in [-0.05, 0) is 36.6 Å². The number of fused-ring (bicyclic) bond motifs is 4. The van der Waals surface area contributed by atoms with Crippen molar-refractivity contribution in [3.8, 4) is 11.5 Å². The van der Waals surface area contributed by atoms with Gasteiger partial charge in [-0.2, -0.15) is 0 Å². The van der Waals surface area contributed by atoms with E-state index < -0.39 is 5.72 Å². The van der Waals surface area contributed by atoms with Crippen LogP contribution in [0.25, 0.3) is 0 Å². The molecule has 0 aromatic heterocycles. The van der Waals surface area contributed by atoms with Gasteiger partial charge in [-0.1, -0.05) is 38.1 Å². The first-order valence-electron chi connectivity index (χ1n) is 8.99. The summed E-state index contributed by atoms with van der Waals surface area (Å²) < 4.78 is 11.8. The minimum Gasteiger partial charge on any atom is -0.493 e. The molecule has 2 aliphatic rings. The van der Waals surface area contributed by atoms with Gasteiger partial charge in [0.25, 0.3) is 0 Å². The predicted molar refractivity (Wildman–Crippen MR) is 101 cm³/mol. The van der Waals surface area contributed by atoms with Gasteiger partial charge in [-0.25, -0.2) is 4.79 Å². The van der Waals surface area contributed by atoms with Crippen LogP contribution in [0.15, 0.2) is 42.5 Å². The lowest BCUT2D eigenvalue weighted by Crippen LogP contribution is -2.65. The van der Waals surface area contributed by atoms with Crippen molar-refractivity contribution in [3.05, 3.63) is 53.6 Å². The number of urea groups is 1. The summed E-state index contributed by atoms with van der Waals surface area (Å²) in [4.78, 5) is 14.6.